The monoisotopic (exact) mass is 312 g/mol. The molecule has 0 saturated carbocycles. The average molecular weight is 312 g/mol. The lowest BCUT2D eigenvalue weighted by Crippen LogP contribution is -2.45. The molecule has 0 aromatic heterocycles. The largest absolute Gasteiger partial charge is 0.372 e. The van der Waals surface area contributed by atoms with Gasteiger partial charge < -0.3 is 15.8 Å². The molecule has 0 bridgehead atoms. The zero-order chi connectivity index (χ0) is 16.7. The molecule has 0 saturated heterocycles. The zero-order valence-corrected chi connectivity index (χ0v) is 15.0. The highest BCUT2D eigenvalue weighted by Gasteiger charge is 2.33. The summed E-state index contributed by atoms with van der Waals surface area (Å²) in [5.41, 5.74) is 8.60. The summed E-state index contributed by atoms with van der Waals surface area (Å²) in [6, 6.07) is -0.768. The van der Waals surface area contributed by atoms with Crippen LogP contribution in [0, 0.1) is 11.5 Å². The Labute approximate surface area is 129 Å². The fourth-order valence-corrected chi connectivity index (χ4v) is 2.13. The van der Waals surface area contributed by atoms with E-state index in [0.717, 1.165) is 0 Å². The van der Waals surface area contributed by atoms with Crippen molar-refractivity contribution in [2.75, 3.05) is 13.2 Å². The molecule has 5 nitrogen and oxygen atoms in total. The smallest absolute Gasteiger partial charge is 0.246 e. The van der Waals surface area contributed by atoms with Gasteiger partial charge in [0.1, 0.15) is 20.7 Å². The van der Waals surface area contributed by atoms with Gasteiger partial charge in [-0.25, -0.2) is 0 Å². The van der Waals surface area contributed by atoms with Crippen LogP contribution in [0.15, 0.2) is 0 Å². The van der Waals surface area contributed by atoms with Gasteiger partial charge in [-0.05, 0) is 12.0 Å². The van der Waals surface area contributed by atoms with E-state index in [-0.39, 0.29) is 24.0 Å². The van der Waals surface area contributed by atoms with Gasteiger partial charge in [-0.15, -0.1) is 11.5 Å². The zero-order valence-electron chi connectivity index (χ0n) is 14.0. The molecule has 0 aromatic rings. The van der Waals surface area contributed by atoms with E-state index < -0.39 is 20.0 Å². The Kier molecular flexibility index (Phi) is 7.68. The highest BCUT2D eigenvalue weighted by molar-refractivity contribution is 6.87. The number of rotatable bonds is 6. The van der Waals surface area contributed by atoms with Gasteiger partial charge >= 0.3 is 0 Å². The minimum atomic E-state index is -1.72. The summed E-state index contributed by atoms with van der Waals surface area (Å²) in [6.07, 6.45) is 0.236. The SMILES string of the molecule is CCOCC(=O)N[C@H](CC#C[Si](C)(C)C(C)(C)C)C(N)=O. The van der Waals surface area contributed by atoms with E-state index in [2.05, 4.69) is 50.6 Å². The van der Waals surface area contributed by atoms with Crippen molar-refractivity contribution in [3.63, 3.8) is 0 Å². The summed E-state index contributed by atoms with van der Waals surface area (Å²) in [7, 11) is -1.72. The maximum atomic E-state index is 11.6. The van der Waals surface area contributed by atoms with Crippen LogP contribution < -0.4 is 11.1 Å². The Bertz CT molecular complexity index is 430. The van der Waals surface area contributed by atoms with Crippen LogP contribution in [-0.4, -0.2) is 39.1 Å². The Balaban J connectivity index is 4.69. The number of nitrogens with one attached hydrogen (secondary N) is 1. The molecule has 2 amide bonds. The molecule has 0 unspecified atom stereocenters. The van der Waals surface area contributed by atoms with Gasteiger partial charge in [0.15, 0.2) is 0 Å². The summed E-state index contributed by atoms with van der Waals surface area (Å²) >= 11 is 0. The number of carbonyl (C=O) groups excluding carboxylic acids is 2. The molecule has 0 radical (unpaired) electrons. The molecular weight excluding hydrogens is 284 g/mol. The van der Waals surface area contributed by atoms with Crippen LogP contribution in [0.4, 0.5) is 0 Å². The van der Waals surface area contributed by atoms with Gasteiger partial charge in [0.25, 0.3) is 0 Å². The molecule has 21 heavy (non-hydrogen) atoms. The molecule has 0 rings (SSSR count). The van der Waals surface area contributed by atoms with Crippen molar-refractivity contribution < 1.29 is 14.3 Å². The number of carbonyl (C=O) groups is 2. The summed E-state index contributed by atoms with van der Waals surface area (Å²) in [4.78, 5) is 22.9. The van der Waals surface area contributed by atoms with Gasteiger partial charge in [0, 0.05) is 13.0 Å². The first-order valence-corrected chi connectivity index (χ1v) is 10.2. The summed E-state index contributed by atoms with van der Waals surface area (Å²) in [5, 5.41) is 2.70. The number of amides is 2. The first kappa shape index (κ1) is 19.7. The van der Waals surface area contributed by atoms with Crippen molar-refractivity contribution in [3.05, 3.63) is 0 Å². The molecule has 0 aliphatic rings. The molecule has 0 aromatic carbocycles. The van der Waals surface area contributed by atoms with Crippen molar-refractivity contribution in [1.29, 1.82) is 0 Å². The molecule has 120 valence electrons. The van der Waals surface area contributed by atoms with E-state index in [9.17, 15) is 9.59 Å². The third kappa shape index (κ3) is 7.30. The number of ether oxygens (including phenoxy) is 1. The maximum Gasteiger partial charge on any atom is 0.246 e. The Morgan fingerprint density at radius 1 is 1.33 bits per heavy atom. The minimum absolute atomic E-state index is 0.0735. The molecule has 1 atom stereocenters. The van der Waals surface area contributed by atoms with E-state index in [0.29, 0.717) is 6.61 Å². The Hall–Kier alpha value is -1.32. The molecule has 0 aliphatic carbocycles. The van der Waals surface area contributed by atoms with Crippen LogP contribution in [0.3, 0.4) is 0 Å². The lowest BCUT2D eigenvalue weighted by atomic mass is 10.2. The van der Waals surface area contributed by atoms with Gasteiger partial charge in [0.05, 0.1) is 0 Å². The number of primary amides is 1. The molecule has 0 fully saturated rings. The van der Waals surface area contributed by atoms with Crippen LogP contribution in [0.25, 0.3) is 0 Å². The van der Waals surface area contributed by atoms with Crippen molar-refractivity contribution in [2.45, 2.75) is 58.3 Å². The van der Waals surface area contributed by atoms with Crippen molar-refractivity contribution in [1.82, 2.24) is 5.32 Å². The quantitative estimate of drug-likeness (QED) is 0.575. The summed E-state index contributed by atoms with van der Waals surface area (Å²) in [5.74, 6) is 2.10. The van der Waals surface area contributed by atoms with Crippen LogP contribution in [-0.2, 0) is 14.3 Å². The second kappa shape index (κ2) is 8.20. The fourth-order valence-electron chi connectivity index (χ4n) is 1.22. The highest BCUT2D eigenvalue weighted by atomic mass is 28.3. The van der Waals surface area contributed by atoms with Gasteiger partial charge in [-0.2, -0.15) is 0 Å². The van der Waals surface area contributed by atoms with E-state index in [4.69, 9.17) is 10.5 Å². The minimum Gasteiger partial charge on any atom is -0.372 e. The van der Waals surface area contributed by atoms with Gasteiger partial charge in [-0.1, -0.05) is 33.9 Å². The second-order valence-corrected chi connectivity index (χ2v) is 11.5. The van der Waals surface area contributed by atoms with E-state index >= 15 is 0 Å². The first-order valence-electron chi connectivity index (χ1n) is 7.17. The lowest BCUT2D eigenvalue weighted by molar-refractivity contribution is -0.130. The van der Waals surface area contributed by atoms with E-state index in [1.54, 1.807) is 6.92 Å². The molecule has 0 heterocycles. The number of hydrogen-bond acceptors (Lipinski definition) is 3. The van der Waals surface area contributed by atoms with Crippen LogP contribution in [0.1, 0.15) is 34.1 Å². The molecule has 3 N–H and O–H groups in total. The predicted octanol–water partition coefficient (Wildman–Crippen LogP) is 1.43. The fraction of sp³-hybridized carbons (Fsp3) is 0.733. The molecular formula is C15H28N2O3Si. The molecule has 0 spiro atoms. The first-order chi connectivity index (χ1) is 9.51. The Morgan fingerprint density at radius 2 is 1.90 bits per heavy atom. The van der Waals surface area contributed by atoms with Crippen LogP contribution >= 0.6 is 0 Å². The third-order valence-corrected chi connectivity index (χ3v) is 8.25. The molecule has 6 heteroatoms. The van der Waals surface area contributed by atoms with Gasteiger partial charge in [-0.3, -0.25) is 9.59 Å². The third-order valence-electron chi connectivity index (χ3n) is 3.70. The topological polar surface area (TPSA) is 81.4 Å². The summed E-state index contributed by atoms with van der Waals surface area (Å²) < 4.78 is 4.99. The van der Waals surface area contributed by atoms with Crippen molar-refractivity contribution >= 4 is 19.9 Å². The predicted molar refractivity (Wildman–Crippen MR) is 87.2 cm³/mol. The van der Waals surface area contributed by atoms with E-state index in [1.807, 2.05) is 0 Å². The van der Waals surface area contributed by atoms with Crippen LogP contribution in [0.2, 0.25) is 18.1 Å². The number of nitrogens with two attached hydrogens (primary N) is 1. The average Bonchev–Trinajstić information content (AvgIpc) is 2.33. The maximum absolute atomic E-state index is 11.6. The van der Waals surface area contributed by atoms with Crippen molar-refractivity contribution in [2.24, 2.45) is 5.73 Å². The molecule has 0 aliphatic heterocycles. The van der Waals surface area contributed by atoms with Crippen LogP contribution in [0.5, 0.6) is 0 Å². The van der Waals surface area contributed by atoms with E-state index in [1.165, 1.54) is 0 Å². The number of hydrogen-bond donors (Lipinski definition) is 2. The standard InChI is InChI=1S/C15H28N2O3Si/c1-7-20-11-13(18)17-12(14(16)19)9-8-10-21(5,6)15(2,3)4/h12H,7,9,11H2,1-6H3,(H2,16,19)(H,17,18)/t12-/m1/s1. The Morgan fingerprint density at radius 3 is 2.33 bits per heavy atom. The normalized spacial score (nSPS) is 13.0. The highest BCUT2D eigenvalue weighted by Crippen LogP contribution is 2.35. The lowest BCUT2D eigenvalue weighted by Gasteiger charge is -2.31. The summed E-state index contributed by atoms with van der Waals surface area (Å²) in [6.45, 7) is 13.1. The van der Waals surface area contributed by atoms with Gasteiger partial charge in [0.2, 0.25) is 11.8 Å². The second-order valence-electron chi connectivity index (χ2n) is 6.54. The van der Waals surface area contributed by atoms with Crippen molar-refractivity contribution in [3.8, 4) is 11.5 Å².